The second-order valence-electron chi connectivity index (χ2n) is 4.91. The average Bonchev–Trinajstić information content (AvgIpc) is 3.06. The lowest BCUT2D eigenvalue weighted by Gasteiger charge is -2.14. The molecule has 0 aliphatic rings. The Morgan fingerprint density at radius 1 is 1.37 bits per heavy atom. The van der Waals surface area contributed by atoms with Gasteiger partial charge in [0.2, 0.25) is 0 Å². The third-order valence-electron chi connectivity index (χ3n) is 3.29. The number of aromatic amines is 1. The van der Waals surface area contributed by atoms with Crippen molar-refractivity contribution in [1.29, 1.82) is 0 Å². The van der Waals surface area contributed by atoms with Crippen LogP contribution in [0.4, 0.5) is 0 Å². The molecule has 98 valence electrons. The number of fused-ring (bicyclic) bond motifs is 1. The number of aromatic nitrogens is 3. The Labute approximate surface area is 112 Å². The lowest BCUT2D eigenvalue weighted by atomic mass is 10.1. The van der Waals surface area contributed by atoms with Crippen LogP contribution in [0, 0.1) is 0 Å². The summed E-state index contributed by atoms with van der Waals surface area (Å²) in [6.07, 6.45) is 5.78. The van der Waals surface area contributed by atoms with Gasteiger partial charge in [0.1, 0.15) is 0 Å². The van der Waals surface area contributed by atoms with E-state index in [1.807, 2.05) is 29.3 Å². The average molecular weight is 254 g/mol. The van der Waals surface area contributed by atoms with Crippen LogP contribution >= 0.6 is 0 Å². The van der Waals surface area contributed by atoms with E-state index in [9.17, 15) is 0 Å². The number of rotatable bonds is 5. The molecule has 0 fully saturated rings. The van der Waals surface area contributed by atoms with E-state index in [-0.39, 0.29) is 0 Å². The van der Waals surface area contributed by atoms with Gasteiger partial charge in [-0.3, -0.25) is 4.68 Å². The summed E-state index contributed by atoms with van der Waals surface area (Å²) in [6.45, 7) is 3.93. The third kappa shape index (κ3) is 2.85. The van der Waals surface area contributed by atoms with E-state index in [0.717, 1.165) is 13.1 Å². The number of nitrogens with zero attached hydrogens (tertiary/aromatic N) is 2. The number of nitrogens with one attached hydrogen (secondary N) is 2. The SMILES string of the molecule is CC(Cn1cccn1)NCc1ccc2cc[nH]c2c1. The van der Waals surface area contributed by atoms with Gasteiger partial charge in [0.05, 0.1) is 6.54 Å². The van der Waals surface area contributed by atoms with Crippen molar-refractivity contribution in [1.82, 2.24) is 20.1 Å². The molecule has 2 heterocycles. The van der Waals surface area contributed by atoms with Gasteiger partial charge >= 0.3 is 0 Å². The Morgan fingerprint density at radius 2 is 2.32 bits per heavy atom. The molecule has 1 aromatic carbocycles. The molecule has 0 saturated carbocycles. The summed E-state index contributed by atoms with van der Waals surface area (Å²) in [5, 5.41) is 8.99. The number of hydrogen-bond acceptors (Lipinski definition) is 2. The summed E-state index contributed by atoms with van der Waals surface area (Å²) >= 11 is 0. The van der Waals surface area contributed by atoms with E-state index in [0.29, 0.717) is 6.04 Å². The predicted molar refractivity (Wildman–Crippen MR) is 76.8 cm³/mol. The number of benzene rings is 1. The van der Waals surface area contributed by atoms with Gasteiger partial charge in [-0.05, 0) is 36.1 Å². The molecule has 0 saturated heterocycles. The van der Waals surface area contributed by atoms with Crippen molar-refractivity contribution in [3.05, 3.63) is 54.5 Å². The topological polar surface area (TPSA) is 45.6 Å². The molecule has 0 amide bonds. The highest BCUT2D eigenvalue weighted by Crippen LogP contribution is 2.14. The predicted octanol–water partition coefficient (Wildman–Crippen LogP) is 2.54. The zero-order chi connectivity index (χ0) is 13.1. The molecule has 2 aromatic heterocycles. The minimum Gasteiger partial charge on any atom is -0.361 e. The molecule has 3 aromatic rings. The molecule has 0 aliphatic heterocycles. The fraction of sp³-hybridized carbons (Fsp3) is 0.267. The van der Waals surface area contributed by atoms with Crippen LogP contribution in [-0.2, 0) is 13.1 Å². The molecule has 0 bridgehead atoms. The van der Waals surface area contributed by atoms with Crippen LogP contribution in [0.3, 0.4) is 0 Å². The molecule has 0 aliphatic carbocycles. The fourth-order valence-corrected chi connectivity index (χ4v) is 2.25. The second kappa shape index (κ2) is 5.28. The monoisotopic (exact) mass is 254 g/mol. The standard InChI is InChI=1S/C15H18N4/c1-12(11-19-8-2-6-18-19)17-10-13-3-4-14-5-7-16-15(14)9-13/h2-9,12,16-17H,10-11H2,1H3. The summed E-state index contributed by atoms with van der Waals surface area (Å²) in [7, 11) is 0. The minimum atomic E-state index is 0.388. The van der Waals surface area contributed by atoms with Gasteiger partial charge in [0.15, 0.2) is 0 Å². The molecule has 1 unspecified atom stereocenters. The van der Waals surface area contributed by atoms with Gasteiger partial charge < -0.3 is 10.3 Å². The summed E-state index contributed by atoms with van der Waals surface area (Å²) < 4.78 is 1.95. The van der Waals surface area contributed by atoms with Crippen LogP contribution in [0.2, 0.25) is 0 Å². The van der Waals surface area contributed by atoms with E-state index < -0.39 is 0 Å². The van der Waals surface area contributed by atoms with E-state index in [2.05, 4.69) is 46.6 Å². The first kappa shape index (κ1) is 12.0. The van der Waals surface area contributed by atoms with Crippen molar-refractivity contribution >= 4 is 10.9 Å². The van der Waals surface area contributed by atoms with Crippen LogP contribution in [0.15, 0.2) is 48.9 Å². The van der Waals surface area contributed by atoms with Crippen LogP contribution in [0.5, 0.6) is 0 Å². The first-order valence-electron chi connectivity index (χ1n) is 6.58. The highest BCUT2D eigenvalue weighted by Gasteiger charge is 2.03. The Hall–Kier alpha value is -2.07. The number of H-pyrrole nitrogens is 1. The Kier molecular flexibility index (Phi) is 3.33. The Balaban J connectivity index is 1.59. The van der Waals surface area contributed by atoms with Gasteiger partial charge in [-0.25, -0.2) is 0 Å². The zero-order valence-corrected chi connectivity index (χ0v) is 11.0. The first-order valence-corrected chi connectivity index (χ1v) is 6.58. The molecule has 4 nitrogen and oxygen atoms in total. The molecule has 19 heavy (non-hydrogen) atoms. The summed E-state index contributed by atoms with van der Waals surface area (Å²) in [4.78, 5) is 3.24. The van der Waals surface area contributed by atoms with E-state index >= 15 is 0 Å². The molecule has 0 radical (unpaired) electrons. The maximum Gasteiger partial charge on any atom is 0.0560 e. The zero-order valence-electron chi connectivity index (χ0n) is 11.0. The van der Waals surface area contributed by atoms with Crippen LogP contribution < -0.4 is 5.32 Å². The minimum absolute atomic E-state index is 0.388. The smallest absolute Gasteiger partial charge is 0.0560 e. The lowest BCUT2D eigenvalue weighted by Crippen LogP contribution is -2.30. The van der Waals surface area contributed by atoms with Crippen molar-refractivity contribution in [3.8, 4) is 0 Å². The fourth-order valence-electron chi connectivity index (χ4n) is 2.25. The van der Waals surface area contributed by atoms with Gasteiger partial charge in [-0.15, -0.1) is 0 Å². The highest BCUT2D eigenvalue weighted by atomic mass is 15.3. The molecule has 4 heteroatoms. The maximum atomic E-state index is 4.22. The second-order valence-corrected chi connectivity index (χ2v) is 4.91. The summed E-state index contributed by atoms with van der Waals surface area (Å²) in [6, 6.07) is 11.0. The molecule has 1 atom stereocenters. The third-order valence-corrected chi connectivity index (χ3v) is 3.29. The largest absolute Gasteiger partial charge is 0.361 e. The van der Waals surface area contributed by atoms with Crippen molar-refractivity contribution in [2.45, 2.75) is 26.1 Å². The Bertz CT molecular complexity index is 639. The van der Waals surface area contributed by atoms with Crippen molar-refractivity contribution in [2.75, 3.05) is 0 Å². The maximum absolute atomic E-state index is 4.22. The summed E-state index contributed by atoms with van der Waals surface area (Å²) in [5.41, 5.74) is 2.49. The van der Waals surface area contributed by atoms with Crippen LogP contribution in [-0.4, -0.2) is 20.8 Å². The first-order chi connectivity index (χ1) is 9.31. The molecule has 0 spiro atoms. The highest BCUT2D eigenvalue weighted by molar-refractivity contribution is 5.79. The van der Waals surface area contributed by atoms with Gasteiger partial charge in [-0.1, -0.05) is 12.1 Å². The van der Waals surface area contributed by atoms with Gasteiger partial charge in [0, 0.05) is 36.7 Å². The molecule has 3 rings (SSSR count). The van der Waals surface area contributed by atoms with Crippen LogP contribution in [0.25, 0.3) is 10.9 Å². The van der Waals surface area contributed by atoms with Gasteiger partial charge in [-0.2, -0.15) is 5.10 Å². The van der Waals surface area contributed by atoms with E-state index in [1.165, 1.54) is 16.5 Å². The van der Waals surface area contributed by atoms with Gasteiger partial charge in [0.25, 0.3) is 0 Å². The normalized spacial score (nSPS) is 12.9. The van der Waals surface area contributed by atoms with E-state index in [4.69, 9.17) is 0 Å². The molecular weight excluding hydrogens is 236 g/mol. The number of hydrogen-bond donors (Lipinski definition) is 2. The quantitative estimate of drug-likeness (QED) is 0.735. The van der Waals surface area contributed by atoms with Crippen molar-refractivity contribution < 1.29 is 0 Å². The van der Waals surface area contributed by atoms with E-state index in [1.54, 1.807) is 0 Å². The molecular formula is C15H18N4. The summed E-state index contributed by atoms with van der Waals surface area (Å²) in [5.74, 6) is 0. The Morgan fingerprint density at radius 3 is 3.16 bits per heavy atom. The van der Waals surface area contributed by atoms with Crippen molar-refractivity contribution in [3.63, 3.8) is 0 Å². The van der Waals surface area contributed by atoms with Crippen molar-refractivity contribution in [2.24, 2.45) is 0 Å². The lowest BCUT2D eigenvalue weighted by molar-refractivity contribution is 0.451. The molecule has 2 N–H and O–H groups in total. The van der Waals surface area contributed by atoms with Crippen LogP contribution in [0.1, 0.15) is 12.5 Å².